The Balaban J connectivity index is 0.000000194. The third-order valence-electron chi connectivity index (χ3n) is 13.3. The number of ketones is 2. The Morgan fingerprint density at radius 3 is 1.11 bits per heavy atom. The van der Waals surface area contributed by atoms with Gasteiger partial charge in [0, 0.05) is 33.6 Å². The molecule has 0 aliphatic carbocycles. The first-order valence-corrected chi connectivity index (χ1v) is 32.5. The van der Waals surface area contributed by atoms with Crippen LogP contribution < -0.4 is 10.6 Å². The molecule has 0 radical (unpaired) electrons. The van der Waals surface area contributed by atoms with Gasteiger partial charge in [-0.1, -0.05) is 48.5 Å². The van der Waals surface area contributed by atoms with Gasteiger partial charge in [0.15, 0.2) is 11.6 Å². The number of aryl methyl sites for hydroxylation is 2. The minimum Gasteiger partial charge on any atom is -0.744 e. The Morgan fingerprint density at radius 1 is 0.438 bits per heavy atom. The molecule has 0 aliphatic heterocycles. The van der Waals surface area contributed by atoms with Crippen molar-refractivity contribution in [3.63, 3.8) is 0 Å². The molecule has 0 aliphatic rings. The number of carbonyl (C=O) groups is 4. The fraction of sp³-hybridized carbons (Fsp3) is 0.0968. The van der Waals surface area contributed by atoms with Crippen LogP contribution in [-0.2, 0) is 39.4 Å². The number of hydrogen-bond acceptors (Lipinski definition) is 22. The Kier molecular flexibility index (Phi) is 19.0. The van der Waals surface area contributed by atoms with Crippen LogP contribution in [0.25, 0.3) is 83.2 Å². The predicted molar refractivity (Wildman–Crippen MR) is 347 cm³/mol. The summed E-state index contributed by atoms with van der Waals surface area (Å²) in [5.74, 6) is -1.97. The number of hydrogen-bond donors (Lipinski definition) is 2. The first kappa shape index (κ1) is 63.4. The maximum atomic E-state index is 12.6. The van der Waals surface area contributed by atoms with Crippen molar-refractivity contribution >= 4 is 176 Å². The van der Waals surface area contributed by atoms with E-state index in [2.05, 4.69) is 41.1 Å². The van der Waals surface area contributed by atoms with Crippen molar-refractivity contribution in [3.8, 4) is 42.3 Å². The molecule has 20 nitrogen and oxygen atoms in total. The molecule has 27 heteroatoms. The zero-order chi connectivity index (χ0) is 62.0. The Labute approximate surface area is 540 Å². The van der Waals surface area contributed by atoms with E-state index in [4.69, 9.17) is 9.97 Å². The van der Waals surface area contributed by atoms with Gasteiger partial charge in [0.2, 0.25) is 12.1 Å². The maximum absolute atomic E-state index is 12.6. The minimum atomic E-state index is -4.65. The summed E-state index contributed by atoms with van der Waals surface area (Å²) in [4.78, 5) is 67.6. The monoisotopic (exact) mass is 1300 g/mol. The van der Waals surface area contributed by atoms with E-state index in [0.717, 1.165) is 52.7 Å². The van der Waals surface area contributed by atoms with E-state index in [1.807, 2.05) is 72.8 Å². The molecule has 0 spiro atoms. The molecule has 8 aromatic carbocycles. The third-order valence-corrected chi connectivity index (χ3v) is 20.1. The molecule has 2 atom stereocenters. The number of aromatic nitrogens is 4. The molecule has 2 amide bonds. The van der Waals surface area contributed by atoms with Crippen molar-refractivity contribution < 1.29 is 45.1 Å². The molecule has 12 rings (SSSR count). The second-order valence-electron chi connectivity index (χ2n) is 19.7. The molecule has 0 fully saturated rings. The largest absolute Gasteiger partial charge is 2.00 e. The number of para-hydroxylation sites is 2. The smallest absolute Gasteiger partial charge is 0.744 e. The number of azo groups is 2. The number of Topliss-reactive ketones (excluding diaryl/α,β-unsaturated/α-hetero) is 2. The normalized spacial score (nSPS) is 12.5. The van der Waals surface area contributed by atoms with E-state index in [-0.39, 0.29) is 32.8 Å². The summed E-state index contributed by atoms with van der Waals surface area (Å²) in [6.45, 7) is 5.78. The number of anilines is 2. The van der Waals surface area contributed by atoms with Crippen LogP contribution >= 0.6 is 45.3 Å². The van der Waals surface area contributed by atoms with Gasteiger partial charge >= 0.3 is 23.1 Å². The predicted octanol–water partition coefficient (Wildman–Crippen LogP) is 13.9. The van der Waals surface area contributed by atoms with Gasteiger partial charge in [-0.25, -0.2) is 36.8 Å². The molecule has 0 bridgehead atoms. The van der Waals surface area contributed by atoms with Crippen LogP contribution in [0.5, 0.6) is 0 Å². The number of thiazole rings is 4. The van der Waals surface area contributed by atoms with Crippen molar-refractivity contribution in [1.29, 1.82) is 0 Å². The molecule has 440 valence electrons. The number of amides is 2. The quantitative estimate of drug-likeness (QED) is 0.0393. The van der Waals surface area contributed by atoms with E-state index in [9.17, 15) is 45.1 Å². The summed E-state index contributed by atoms with van der Waals surface area (Å²) >= 11 is 5.29. The van der Waals surface area contributed by atoms with Crippen molar-refractivity contribution in [2.45, 2.75) is 49.6 Å². The van der Waals surface area contributed by atoms with Crippen LogP contribution in [0, 0.1) is 13.8 Å². The molecular weight excluding hydrogens is 1260 g/mol. The third kappa shape index (κ3) is 14.4. The number of fused-ring (bicyclic) bond motifs is 4. The second kappa shape index (κ2) is 26.6. The van der Waals surface area contributed by atoms with E-state index in [1.54, 1.807) is 111 Å². The summed E-state index contributed by atoms with van der Waals surface area (Å²) in [5.41, 5.74) is 8.60. The molecule has 0 saturated carbocycles. The standard InChI is InChI=1S/2C31H23N5O5S3.Mg/c2*1-17-8-14-24-27(28(17)44(39,40)41)43-31(34-24)20-11-15-23-25(16-20)42-30(33-23)19-9-12-22(13-10-19)35-36-26(18(2)37)29(38)32-21-6-4-3-5-7-21;/h2*3-16,26H,1-2H3,(H,32,38)(H,39,40,41);/q;;+2/p-2. The Bertz CT molecular complexity index is 4710. The minimum absolute atomic E-state index is 0. The molecule has 2 N–H and O–H groups in total. The van der Waals surface area contributed by atoms with Crippen molar-refractivity contribution in [3.05, 3.63) is 181 Å². The molecule has 4 heterocycles. The SMILES string of the molecule is CC(=O)C(N=Nc1ccc(-c2nc3ccc(-c4nc5ccc(C)c(S(=O)(=O)[O-])c5s4)cc3s2)cc1)C(=O)Nc1ccccc1.CC(=O)C(N=Nc1ccc(-c2nc3ccc(-c4nc5ccc(C)c(S(=O)(=O)[O-])c5s4)cc3s2)cc1)C(=O)Nc1ccccc1.[Mg+2]. The summed E-state index contributed by atoms with van der Waals surface area (Å²) in [6.07, 6.45) is 0. The van der Waals surface area contributed by atoms with Crippen LogP contribution in [0.3, 0.4) is 0 Å². The number of rotatable bonds is 16. The first-order chi connectivity index (χ1) is 42.1. The van der Waals surface area contributed by atoms with Crippen LogP contribution in [0.2, 0.25) is 0 Å². The molecule has 12 aromatic rings. The Hall–Kier alpha value is -8.61. The zero-order valence-electron chi connectivity index (χ0n) is 47.1. The van der Waals surface area contributed by atoms with Gasteiger partial charge in [-0.05, 0) is 160 Å². The van der Waals surface area contributed by atoms with Crippen LogP contribution in [0.4, 0.5) is 22.7 Å². The molecule has 4 aromatic heterocycles. The maximum Gasteiger partial charge on any atom is 2.00 e. The van der Waals surface area contributed by atoms with Gasteiger partial charge < -0.3 is 19.7 Å². The molecular formula is C62H44MgN10O10S6. The number of carbonyl (C=O) groups excluding carboxylic acids is 4. The first-order valence-electron chi connectivity index (χ1n) is 26.4. The van der Waals surface area contributed by atoms with Gasteiger partial charge in [0.1, 0.15) is 40.3 Å². The van der Waals surface area contributed by atoms with E-state index >= 15 is 0 Å². The van der Waals surface area contributed by atoms with Crippen LogP contribution in [0.1, 0.15) is 25.0 Å². The van der Waals surface area contributed by atoms with Crippen LogP contribution in [0.15, 0.2) is 200 Å². The number of benzene rings is 8. The van der Waals surface area contributed by atoms with E-state index < -0.39 is 55.7 Å². The van der Waals surface area contributed by atoms with Crippen molar-refractivity contribution in [2.75, 3.05) is 10.6 Å². The second-order valence-corrected chi connectivity index (χ2v) is 26.4. The number of nitrogens with zero attached hydrogens (tertiary/aromatic N) is 8. The van der Waals surface area contributed by atoms with E-state index in [0.29, 0.717) is 64.3 Å². The van der Waals surface area contributed by atoms with Crippen molar-refractivity contribution in [1.82, 2.24) is 19.9 Å². The Morgan fingerprint density at radius 2 is 0.764 bits per heavy atom. The van der Waals surface area contributed by atoms with Gasteiger partial charge in [-0.2, -0.15) is 20.5 Å². The van der Waals surface area contributed by atoms with Gasteiger partial charge in [-0.15, -0.1) is 45.3 Å². The topological polar surface area (TPSA) is 308 Å². The zero-order valence-corrected chi connectivity index (χ0v) is 53.5. The molecule has 2 unspecified atom stereocenters. The fourth-order valence-electron chi connectivity index (χ4n) is 9.05. The van der Waals surface area contributed by atoms with Gasteiger partial charge in [0.05, 0.1) is 62.0 Å². The molecule has 0 saturated heterocycles. The fourth-order valence-corrected chi connectivity index (χ4v) is 15.6. The van der Waals surface area contributed by atoms with Crippen LogP contribution in [-0.4, -0.2) is 104 Å². The van der Waals surface area contributed by atoms with Gasteiger partial charge in [0.25, 0.3) is 11.8 Å². The summed E-state index contributed by atoms with van der Waals surface area (Å²) < 4.78 is 73.9. The van der Waals surface area contributed by atoms with Crippen molar-refractivity contribution in [2.24, 2.45) is 20.5 Å². The molecule has 89 heavy (non-hydrogen) atoms. The average Bonchev–Trinajstić information content (AvgIpc) is 1.71. The summed E-state index contributed by atoms with van der Waals surface area (Å²) in [6, 6.07) is 47.3. The number of nitrogens with one attached hydrogen (secondary N) is 2. The van der Waals surface area contributed by atoms with E-state index in [1.165, 1.54) is 59.2 Å². The average molecular weight is 1310 g/mol. The summed E-state index contributed by atoms with van der Waals surface area (Å²) in [7, 11) is -9.31. The summed E-state index contributed by atoms with van der Waals surface area (Å²) in [5, 5.41) is 24.3. The van der Waals surface area contributed by atoms with Gasteiger partial charge in [-0.3, -0.25) is 19.2 Å².